The Labute approximate surface area is 659 Å². The van der Waals surface area contributed by atoms with Gasteiger partial charge in [-0.3, -0.25) is 0 Å². The van der Waals surface area contributed by atoms with E-state index >= 15 is 0 Å². The first-order valence-corrected chi connectivity index (χ1v) is 39.1. The van der Waals surface area contributed by atoms with Crippen molar-refractivity contribution in [2.45, 2.75) is 145 Å². The summed E-state index contributed by atoms with van der Waals surface area (Å²) < 4.78 is 8.95. The number of hydrogen-bond donors (Lipinski definition) is 0. The maximum Gasteiger partial charge on any atom is 0.213 e. The molecule has 0 saturated carbocycles. The standard InChI is InChI=1S/C31H34N.C30H32N.C24H28N.C21H22N/c1-19-13-23(5)31(24(6)14-19)29-17-30(32(8)18-25(29)7)28-16-27(21(3)15-22(28)4)26-12-10-9-11-20(26)2;1-19-12-13-26(21(3)14-19)28-17-30(31(7)18-24(28)6)29-16-27(22(4)15-23(29)5)25-11-9-8-10-20(25)2;1-18-11-12-21(20-9-7-6-8-10-20)16-22(18)23-15-19(13-14-25(23)5)17-24(2,3)4;1-15-5-8-18(9-6-15)19-10-7-17(3)20(14-19)21-13-16(2)11-12-22(21)4/h9-18H,1-8H3;8-18H,1-7H3;6-16H,17H2,1-5H3;5-14H,1-4H3/q4*+1. The quantitative estimate of drug-likeness (QED) is 0.115. The van der Waals surface area contributed by atoms with Crippen molar-refractivity contribution in [3.63, 3.8) is 0 Å². The van der Waals surface area contributed by atoms with Crippen molar-refractivity contribution < 1.29 is 18.3 Å². The lowest BCUT2D eigenvalue weighted by atomic mass is 9.87. The predicted octanol–water partition coefficient (Wildman–Crippen LogP) is 25.5. The van der Waals surface area contributed by atoms with Crippen molar-refractivity contribution in [1.29, 1.82) is 0 Å². The molecule has 0 aliphatic heterocycles. The maximum atomic E-state index is 2.39. The smallest absolute Gasteiger partial charge is 0.201 e. The van der Waals surface area contributed by atoms with E-state index < -0.39 is 0 Å². The van der Waals surface area contributed by atoms with Crippen LogP contribution in [-0.4, -0.2) is 0 Å². The van der Waals surface area contributed by atoms with E-state index in [4.69, 9.17) is 0 Å². The number of rotatable bonds is 11. The van der Waals surface area contributed by atoms with Gasteiger partial charge >= 0.3 is 0 Å². The molecule has 0 atom stereocenters. The van der Waals surface area contributed by atoms with Crippen molar-refractivity contribution in [1.82, 2.24) is 0 Å². The van der Waals surface area contributed by atoms with Gasteiger partial charge in [0.05, 0.1) is 0 Å². The van der Waals surface area contributed by atoms with Gasteiger partial charge in [0.25, 0.3) is 0 Å². The van der Waals surface area contributed by atoms with Crippen molar-refractivity contribution in [2.24, 2.45) is 33.6 Å². The molecule has 10 aromatic carbocycles. The number of benzene rings is 10. The second-order valence-corrected chi connectivity index (χ2v) is 32.7. The number of hydrogen-bond acceptors (Lipinski definition) is 0. The summed E-state index contributed by atoms with van der Waals surface area (Å²) in [4.78, 5) is 0. The monoisotopic (exact) mass is 1440 g/mol. The van der Waals surface area contributed by atoms with Crippen LogP contribution in [0.5, 0.6) is 0 Å². The fourth-order valence-corrected chi connectivity index (χ4v) is 16.0. The van der Waals surface area contributed by atoms with Gasteiger partial charge in [0, 0.05) is 69.8 Å². The highest BCUT2D eigenvalue weighted by molar-refractivity contribution is 5.83. The number of nitrogens with zero attached hydrogens (tertiary/aromatic N) is 4. The molecule has 556 valence electrons. The largest absolute Gasteiger partial charge is 0.213 e. The molecule has 0 spiro atoms. The van der Waals surface area contributed by atoms with E-state index in [0.717, 1.165) is 6.42 Å². The lowest BCUT2D eigenvalue weighted by molar-refractivity contribution is -0.660. The van der Waals surface area contributed by atoms with Crippen LogP contribution in [0.3, 0.4) is 0 Å². The predicted molar refractivity (Wildman–Crippen MR) is 469 cm³/mol. The fraction of sp³-hybridized carbons (Fsp3) is 0.245. The van der Waals surface area contributed by atoms with Gasteiger partial charge in [-0.25, -0.2) is 18.3 Å². The summed E-state index contributed by atoms with van der Waals surface area (Å²) in [6.45, 7) is 44.2. The van der Waals surface area contributed by atoms with Crippen molar-refractivity contribution in [2.75, 3.05) is 0 Å². The highest BCUT2D eigenvalue weighted by Gasteiger charge is 2.25. The van der Waals surface area contributed by atoms with E-state index in [1.807, 2.05) is 0 Å². The van der Waals surface area contributed by atoms with Crippen LogP contribution in [0.1, 0.15) is 121 Å². The molecule has 0 fully saturated rings. The number of aromatic nitrogens is 4. The van der Waals surface area contributed by atoms with Crippen LogP contribution in [0.15, 0.2) is 255 Å². The lowest BCUT2D eigenvalue weighted by Crippen LogP contribution is -2.31. The van der Waals surface area contributed by atoms with E-state index in [1.54, 1.807) is 0 Å². The Balaban J connectivity index is 0.000000147. The molecule has 14 aromatic rings. The van der Waals surface area contributed by atoms with Crippen LogP contribution < -0.4 is 18.3 Å². The molecule has 0 bridgehead atoms. The summed E-state index contributed by atoms with van der Waals surface area (Å²) in [5.41, 5.74) is 49.8. The Hall–Kier alpha value is -11.2. The molecule has 0 amide bonds. The average molecular weight is 1450 g/mol. The van der Waals surface area contributed by atoms with Gasteiger partial charge in [0.1, 0.15) is 28.2 Å². The van der Waals surface area contributed by atoms with E-state index in [2.05, 4.69) is 440 Å². The van der Waals surface area contributed by atoms with Crippen LogP contribution in [-0.2, 0) is 34.6 Å². The SMILES string of the molecule is Cc1cc(C)c(-c2cc(-c3cc(-c4ccccc4C)c(C)cc3C)[n+](C)cc2C)c(C)c1.Cc1ccc(-c2cc(-c3cc(-c4ccccc4C)c(C)cc3C)[n+](C)cc2C)c(C)c1.Cc1ccc(-c2ccc(C)c(-c3cc(C)cc[n+]3C)c2)cc1.Cc1ccc(-c2ccccc2)cc1-c1cc(CC(C)(C)C)cc[n+]1C. The summed E-state index contributed by atoms with van der Waals surface area (Å²) in [7, 11) is 8.55. The lowest BCUT2D eigenvalue weighted by Gasteiger charge is -2.18. The van der Waals surface area contributed by atoms with Crippen LogP contribution in [0.25, 0.3) is 112 Å². The first kappa shape index (κ1) is 79.8. The van der Waals surface area contributed by atoms with Gasteiger partial charge < -0.3 is 0 Å². The summed E-state index contributed by atoms with van der Waals surface area (Å²) >= 11 is 0. The van der Waals surface area contributed by atoms with Gasteiger partial charge in [-0.05, 0) is 293 Å². The second-order valence-electron chi connectivity index (χ2n) is 32.7. The van der Waals surface area contributed by atoms with Crippen molar-refractivity contribution >= 4 is 0 Å². The summed E-state index contributed by atoms with van der Waals surface area (Å²) in [5.74, 6) is 0. The highest BCUT2D eigenvalue weighted by atomic mass is 14.9. The fourth-order valence-electron chi connectivity index (χ4n) is 16.0. The molecule has 4 aromatic heterocycles. The molecule has 0 radical (unpaired) electrons. The van der Waals surface area contributed by atoms with Crippen LogP contribution in [0.2, 0.25) is 0 Å². The first-order valence-electron chi connectivity index (χ1n) is 39.1. The molecule has 110 heavy (non-hydrogen) atoms. The Kier molecular flexibility index (Phi) is 24.8. The highest BCUT2D eigenvalue weighted by Crippen LogP contribution is 2.40. The minimum atomic E-state index is 0.290. The van der Waals surface area contributed by atoms with Crippen molar-refractivity contribution in [3.05, 3.63) is 355 Å². The zero-order chi connectivity index (χ0) is 79.2. The Morgan fingerprint density at radius 1 is 0.218 bits per heavy atom. The van der Waals surface area contributed by atoms with Crippen LogP contribution in [0, 0.1) is 123 Å². The molecular weight excluding hydrogens is 1330 g/mol. The Morgan fingerprint density at radius 2 is 0.582 bits per heavy atom. The van der Waals surface area contributed by atoms with Gasteiger partial charge in [-0.2, -0.15) is 0 Å². The van der Waals surface area contributed by atoms with Crippen LogP contribution in [0.4, 0.5) is 0 Å². The molecule has 4 nitrogen and oxygen atoms in total. The molecule has 0 unspecified atom stereocenters. The minimum absolute atomic E-state index is 0.290. The van der Waals surface area contributed by atoms with Gasteiger partial charge in [-0.1, -0.05) is 207 Å². The van der Waals surface area contributed by atoms with E-state index in [9.17, 15) is 0 Å². The third-order valence-corrected chi connectivity index (χ3v) is 21.9. The zero-order valence-electron chi connectivity index (χ0n) is 70.2. The van der Waals surface area contributed by atoms with E-state index in [0.29, 0.717) is 0 Å². The van der Waals surface area contributed by atoms with E-state index in [1.165, 1.54) is 212 Å². The molecule has 14 rings (SSSR count). The zero-order valence-corrected chi connectivity index (χ0v) is 70.2. The molecule has 0 saturated heterocycles. The number of aryl methyl sites for hydroxylation is 21. The maximum absolute atomic E-state index is 2.39. The second kappa shape index (κ2) is 34.2. The summed E-state index contributed by atoms with van der Waals surface area (Å²) in [5, 5.41) is 0. The Bertz CT molecular complexity index is 5700. The third-order valence-electron chi connectivity index (χ3n) is 21.9. The number of pyridine rings is 4. The summed E-state index contributed by atoms with van der Waals surface area (Å²) in [6.07, 6.45) is 9.93. The molecule has 0 aliphatic rings. The van der Waals surface area contributed by atoms with E-state index in [-0.39, 0.29) is 5.41 Å². The molecule has 0 N–H and O–H groups in total. The van der Waals surface area contributed by atoms with Crippen LogP contribution >= 0.6 is 0 Å². The molecule has 4 heterocycles. The first-order chi connectivity index (χ1) is 52.3. The normalized spacial score (nSPS) is 11.1. The molecular formula is C106H116N4+4. The Morgan fingerprint density at radius 3 is 1.08 bits per heavy atom. The minimum Gasteiger partial charge on any atom is -0.201 e. The van der Waals surface area contributed by atoms with Gasteiger partial charge in [0.15, 0.2) is 24.8 Å². The van der Waals surface area contributed by atoms with Gasteiger partial charge in [-0.15, -0.1) is 0 Å². The molecule has 0 aliphatic carbocycles. The third kappa shape index (κ3) is 18.6. The van der Waals surface area contributed by atoms with Crippen molar-refractivity contribution in [3.8, 4) is 112 Å². The molecule has 4 heteroatoms. The topological polar surface area (TPSA) is 15.5 Å². The van der Waals surface area contributed by atoms with Gasteiger partial charge in [0.2, 0.25) is 22.8 Å². The summed E-state index contributed by atoms with van der Waals surface area (Å²) in [6, 6.07) is 84.6. The average Bonchev–Trinajstić information content (AvgIpc) is 0.771.